The van der Waals surface area contributed by atoms with Crippen LogP contribution < -0.4 is 94.1 Å². The van der Waals surface area contributed by atoms with Crippen molar-refractivity contribution in [3.8, 4) is 5.75 Å². The zero-order chi connectivity index (χ0) is 76.8. The number of hydrogen-bond acceptors (Lipinski definition) is 17. The highest BCUT2D eigenvalue weighted by molar-refractivity contribution is 5.99. The van der Waals surface area contributed by atoms with E-state index in [1.165, 1.54) is 36.1 Å². The summed E-state index contributed by atoms with van der Waals surface area (Å²) in [5, 5.41) is 35.9. The van der Waals surface area contributed by atoms with Gasteiger partial charge in [0.05, 0.1) is 12.6 Å². The molecule has 0 aliphatic rings. The Morgan fingerprint density at radius 1 is 0.519 bits per heavy atom. The third-order valence-electron chi connectivity index (χ3n) is 16.6. The number of nitrogens with two attached hydrogens (primary N) is 9. The van der Waals surface area contributed by atoms with Gasteiger partial charge in [0.2, 0.25) is 59.1 Å². The van der Waals surface area contributed by atoms with Crippen LogP contribution in [0.2, 0.25) is 0 Å². The number of aliphatic imine (C=N–C) groups is 3. The Labute approximate surface area is 603 Å². The van der Waals surface area contributed by atoms with Crippen LogP contribution >= 0.6 is 0 Å². The summed E-state index contributed by atoms with van der Waals surface area (Å²) in [4.78, 5) is 163. The molecule has 36 heteroatoms. The Hall–Kier alpha value is -11.3. The summed E-state index contributed by atoms with van der Waals surface area (Å²) in [6.07, 6.45) is 2.82. The average molecular weight is 1450 g/mol. The lowest BCUT2D eigenvalue weighted by Gasteiger charge is -2.34. The van der Waals surface area contributed by atoms with Crippen LogP contribution in [0.15, 0.2) is 105 Å². The molecule has 36 nitrogen and oxygen atoms in total. The van der Waals surface area contributed by atoms with Gasteiger partial charge in [-0.15, -0.1) is 0 Å². The molecule has 3 aromatic carbocycles. The first-order valence-electron chi connectivity index (χ1n) is 34.6. The van der Waals surface area contributed by atoms with E-state index in [9.17, 15) is 43.5 Å². The molecule has 104 heavy (non-hydrogen) atoms. The van der Waals surface area contributed by atoms with Crippen LogP contribution in [-0.4, -0.2) is 192 Å². The van der Waals surface area contributed by atoms with Crippen molar-refractivity contribution in [2.75, 3.05) is 39.3 Å². The highest BCUT2D eigenvalue weighted by Crippen LogP contribution is 2.20. The van der Waals surface area contributed by atoms with Crippen molar-refractivity contribution in [1.29, 1.82) is 0 Å². The first-order chi connectivity index (χ1) is 49.5. The molecule has 0 aliphatic heterocycles. The summed E-state index contributed by atoms with van der Waals surface area (Å²) in [7, 11) is 0. The number of benzene rings is 3. The van der Waals surface area contributed by atoms with E-state index in [0.717, 1.165) is 16.5 Å². The molecule has 10 amide bonds. The van der Waals surface area contributed by atoms with Crippen molar-refractivity contribution in [3.63, 3.8) is 0 Å². The average Bonchev–Trinajstić information content (AvgIpc) is 1.37. The fourth-order valence-corrected chi connectivity index (χ4v) is 11.1. The predicted molar refractivity (Wildman–Crippen MR) is 394 cm³/mol. The first-order valence-corrected chi connectivity index (χ1v) is 34.6. The number of aromatic nitrogens is 1. The van der Waals surface area contributed by atoms with Gasteiger partial charge in [-0.25, -0.2) is 0 Å². The quantitative estimate of drug-likeness (QED) is 0.00561. The number of unbranched alkanes of at least 4 members (excludes halogenated alkanes) is 1. The predicted octanol–water partition coefficient (Wildman–Crippen LogP) is -2.13. The molecule has 0 radical (unpaired) electrons. The molecule has 0 aliphatic carbocycles. The normalized spacial score (nSPS) is 13.9. The van der Waals surface area contributed by atoms with E-state index in [-0.39, 0.29) is 133 Å². The number of para-hydroxylation sites is 1. The topological polar surface area (TPSA) is 626 Å². The van der Waals surface area contributed by atoms with Gasteiger partial charge in [0.15, 0.2) is 17.9 Å². The molecule has 0 saturated carbocycles. The number of hydrogen-bond donors (Lipinski definition) is 19. The minimum Gasteiger partial charge on any atom is -0.508 e. The summed E-state index contributed by atoms with van der Waals surface area (Å²) in [5.41, 5.74) is 63.1. The fourth-order valence-electron chi connectivity index (χ4n) is 11.1. The summed E-state index contributed by atoms with van der Waals surface area (Å²) in [5.74, 6) is -9.36. The van der Waals surface area contributed by atoms with Crippen LogP contribution in [0.5, 0.6) is 5.75 Å². The monoisotopic (exact) mass is 1450 g/mol. The van der Waals surface area contributed by atoms with E-state index in [2.05, 4.69) is 72.5 Å². The first kappa shape index (κ1) is 85.2. The number of rotatable bonds is 47. The van der Waals surface area contributed by atoms with E-state index in [1.807, 2.05) is 24.3 Å². The number of carbonyl (C=O) groups is 10. The Balaban J connectivity index is 1.67. The number of phenols is 1. The molecule has 0 unspecified atom stereocenters. The lowest BCUT2D eigenvalue weighted by Crippen LogP contribution is -2.61. The van der Waals surface area contributed by atoms with Crippen molar-refractivity contribution in [2.24, 2.45) is 77.6 Å². The lowest BCUT2D eigenvalue weighted by atomic mass is 10.0. The fraction of sp³-hybridized carbons (Fsp3) is 0.515. The third kappa shape index (κ3) is 30.1. The molecule has 4 aromatic rings. The Kier molecular flexibility index (Phi) is 36.7. The highest BCUT2D eigenvalue weighted by atomic mass is 16.3. The number of nitrogens with zero attached hydrogens (tertiary/aromatic N) is 7. The van der Waals surface area contributed by atoms with Gasteiger partial charge in [-0.3, -0.25) is 62.9 Å². The van der Waals surface area contributed by atoms with Gasteiger partial charge in [0, 0.05) is 61.0 Å². The van der Waals surface area contributed by atoms with Gasteiger partial charge in [0.25, 0.3) is 0 Å². The van der Waals surface area contributed by atoms with Crippen LogP contribution in [-0.2, 0) is 67.2 Å². The van der Waals surface area contributed by atoms with Crippen LogP contribution in [0.25, 0.3) is 21.3 Å². The number of H-pyrrole nitrogens is 1. The van der Waals surface area contributed by atoms with Gasteiger partial charge >= 0.3 is 0 Å². The molecular formula is C68H105N25O11. The molecule has 568 valence electrons. The smallest absolute Gasteiger partial charge is 0.246 e. The third-order valence-corrected chi connectivity index (χ3v) is 16.6. The minimum absolute atomic E-state index is 0.000119. The van der Waals surface area contributed by atoms with Crippen molar-refractivity contribution >= 4 is 87.9 Å². The number of guanidine groups is 3. The van der Waals surface area contributed by atoms with Crippen LogP contribution in [0, 0.1) is 5.92 Å². The largest absolute Gasteiger partial charge is 0.508 e. The van der Waals surface area contributed by atoms with E-state index < -0.39 is 126 Å². The Bertz CT molecular complexity index is 3610. The molecule has 4 rings (SSSR count). The van der Waals surface area contributed by atoms with Gasteiger partial charge in [-0.05, 0) is 137 Å². The number of carbonyl (C=O) groups excluding carboxylic acids is 10. The molecule has 1 aromatic heterocycles. The molecule has 0 bridgehead atoms. The number of aromatic amines is 1. The zero-order valence-electron chi connectivity index (χ0n) is 59.4. The van der Waals surface area contributed by atoms with Crippen LogP contribution in [0.3, 0.4) is 0 Å². The van der Waals surface area contributed by atoms with E-state index in [4.69, 9.17) is 57.1 Å². The molecule has 10 atom stereocenters. The van der Waals surface area contributed by atoms with E-state index in [1.54, 1.807) is 57.3 Å². The van der Waals surface area contributed by atoms with Gasteiger partial charge in [-0.1, -0.05) is 86.5 Å². The second-order valence-corrected chi connectivity index (χ2v) is 25.5. The molecule has 28 N–H and O–H groups in total. The maximum Gasteiger partial charge on any atom is 0.246 e. The number of aromatic hydroxyl groups is 1. The summed E-state index contributed by atoms with van der Waals surface area (Å²) < 4.78 is 0. The summed E-state index contributed by atoms with van der Waals surface area (Å²) in [6, 6.07) is 8.19. The summed E-state index contributed by atoms with van der Waals surface area (Å²) in [6.45, 7) is 6.50. The van der Waals surface area contributed by atoms with Gasteiger partial charge in [-0.2, -0.15) is 0 Å². The SMILES string of the molecule is CCCN(C(=O)[C@H](Cc1ccccc1)NC(=O)[C@@H](CCCN=C(N)N)NC(=O)[C@H](CCCCN)NC(=O)[C@H](CCCN=C(N)N)NC(=O)[C@@H](N)Cc1c[nH]c2ccccc12)[C@@H](C)C(=O)N[C@@H](CC(C)C)C(=O)N[C@@H](CCCN=C(N)N)C(=O)N[C@H](Cc1ccc(O)cc1)C(=O)N[C@@H](CN=[N+]=[N-])C(N)=O. The Morgan fingerprint density at radius 3 is 1.44 bits per heavy atom. The molecule has 0 saturated heterocycles. The molecule has 0 spiro atoms. The van der Waals surface area contributed by atoms with Crippen molar-refractivity contribution in [1.82, 2.24) is 52.4 Å². The second kappa shape index (κ2) is 44.9. The van der Waals surface area contributed by atoms with Crippen LogP contribution in [0.4, 0.5) is 0 Å². The maximum absolute atomic E-state index is 15.4. The Morgan fingerprint density at radius 2 is 0.952 bits per heavy atom. The maximum atomic E-state index is 15.4. The minimum atomic E-state index is -1.49. The number of fused-ring (bicyclic) bond motifs is 1. The number of phenolic OH excluding ortho intramolecular Hbond substituents is 1. The van der Waals surface area contributed by atoms with Gasteiger partial charge < -0.3 is 109 Å². The van der Waals surface area contributed by atoms with Crippen molar-refractivity contribution in [3.05, 3.63) is 112 Å². The molecular weight excluding hydrogens is 1340 g/mol. The highest BCUT2D eigenvalue weighted by Gasteiger charge is 2.38. The summed E-state index contributed by atoms with van der Waals surface area (Å²) >= 11 is 0. The van der Waals surface area contributed by atoms with Gasteiger partial charge in [0.1, 0.15) is 60.1 Å². The van der Waals surface area contributed by atoms with Crippen LogP contribution in [0.1, 0.15) is 115 Å². The number of azide groups is 1. The number of primary amides is 1. The van der Waals surface area contributed by atoms with E-state index in [0.29, 0.717) is 30.4 Å². The molecule has 1 heterocycles. The number of nitrogens with one attached hydrogen (secondary N) is 9. The lowest BCUT2D eigenvalue weighted by molar-refractivity contribution is -0.144. The second-order valence-electron chi connectivity index (χ2n) is 25.5. The standard InChI is InChI=1S/C68H105N25O11/c1-5-32-93(40(4)57(96)88-52(33-39(2)3)63(102)87-50(22-14-30-80-67(74)75)61(100)89-53(34-42-24-26-44(94)27-25-42)64(103)91-55(56(71)95)38-83-92-78)65(104)54(35-41-16-7-6-8-17-41)90-62(101)51(23-15-31-81-68(76)77)86-59(98)48(20-11-12-28-69)85-60(99)49(21-13-29-79-66(72)73)84-58(97)46(70)36-43-37-82-47-19-10-9-18-45(43)47/h6-10,16-19,24-27,37,39-40,46,48-55,82,94H,5,11-15,20-23,28-36,38,69-70H2,1-4H3,(H2,71,95)(H,84,97)(H,85,99)(H,86,98)(H,87,102)(H,88,96)(H,89,100)(H,90,101)(H,91,103)(H4,72,73,79)(H4,74,75,80)(H4,76,77,81)/t40-,46-,48-,49-,50-,51+,52-,53+,54-,55-/m0/s1. The molecule has 0 fully saturated rings. The van der Waals surface area contributed by atoms with Crippen molar-refractivity contribution < 1.29 is 53.1 Å². The zero-order valence-corrected chi connectivity index (χ0v) is 59.4. The number of amides is 10. The van der Waals surface area contributed by atoms with Crippen molar-refractivity contribution in [2.45, 2.75) is 178 Å². The van der Waals surface area contributed by atoms with E-state index >= 15 is 9.59 Å².